The van der Waals surface area contributed by atoms with Crippen molar-refractivity contribution in [3.63, 3.8) is 0 Å². The number of nitrogens with zero attached hydrogens (tertiary/aromatic N) is 2. The minimum Gasteiger partial charge on any atom is -0.476 e. The van der Waals surface area contributed by atoms with E-state index in [2.05, 4.69) is 21.0 Å². The van der Waals surface area contributed by atoms with E-state index in [4.69, 9.17) is 11.6 Å². The molecule has 0 amide bonds. The molecular weight excluding hydrogens is 388 g/mol. The lowest BCUT2D eigenvalue weighted by atomic mass is 10.1. The van der Waals surface area contributed by atoms with E-state index in [9.17, 15) is 9.90 Å². The molecule has 0 aliphatic carbocycles. The summed E-state index contributed by atoms with van der Waals surface area (Å²) in [7, 11) is 0. The molecule has 0 fully saturated rings. The zero-order valence-electron chi connectivity index (χ0n) is 11.4. The molecular formula is C15H10BrClN2O2S. The van der Waals surface area contributed by atoms with Gasteiger partial charge in [-0.2, -0.15) is 5.10 Å². The van der Waals surface area contributed by atoms with E-state index in [1.165, 1.54) is 11.3 Å². The van der Waals surface area contributed by atoms with E-state index < -0.39 is 5.97 Å². The Kier molecular flexibility index (Phi) is 4.08. The van der Waals surface area contributed by atoms with Crippen LogP contribution in [0.15, 0.2) is 40.2 Å². The van der Waals surface area contributed by atoms with Crippen LogP contribution < -0.4 is 0 Å². The molecule has 2 heterocycles. The first-order chi connectivity index (χ1) is 10.5. The molecule has 4 nitrogen and oxygen atoms in total. The van der Waals surface area contributed by atoms with Crippen molar-refractivity contribution < 1.29 is 9.90 Å². The van der Waals surface area contributed by atoms with Crippen molar-refractivity contribution in [1.82, 2.24) is 9.78 Å². The summed E-state index contributed by atoms with van der Waals surface area (Å²) in [6.45, 7) is 1.77. The first-order valence-electron chi connectivity index (χ1n) is 6.32. The normalized spacial score (nSPS) is 10.9. The van der Waals surface area contributed by atoms with E-state index in [0.29, 0.717) is 10.6 Å². The minimum absolute atomic E-state index is 0.0504. The Balaban J connectivity index is 2.26. The van der Waals surface area contributed by atoms with Gasteiger partial charge in [-0.25, -0.2) is 9.48 Å². The fourth-order valence-corrected chi connectivity index (χ4v) is 3.80. The third-order valence-electron chi connectivity index (χ3n) is 3.20. The minimum atomic E-state index is -1.04. The summed E-state index contributed by atoms with van der Waals surface area (Å²) in [4.78, 5) is 12.4. The van der Waals surface area contributed by atoms with Gasteiger partial charge in [0.15, 0.2) is 5.69 Å². The number of aromatic carboxylic acids is 1. The van der Waals surface area contributed by atoms with Crippen molar-refractivity contribution in [2.75, 3.05) is 0 Å². The lowest BCUT2D eigenvalue weighted by Crippen LogP contribution is -2.02. The molecule has 112 valence electrons. The van der Waals surface area contributed by atoms with Crippen LogP contribution in [0.25, 0.3) is 16.3 Å². The van der Waals surface area contributed by atoms with E-state index in [1.54, 1.807) is 23.7 Å². The highest BCUT2D eigenvalue weighted by molar-refractivity contribution is 9.11. The van der Waals surface area contributed by atoms with E-state index >= 15 is 0 Å². The zero-order valence-corrected chi connectivity index (χ0v) is 14.5. The predicted octanol–water partition coefficient (Wildman–Crippen LogP) is 5.02. The molecule has 22 heavy (non-hydrogen) atoms. The largest absolute Gasteiger partial charge is 0.476 e. The molecule has 0 bridgehead atoms. The number of halogens is 2. The summed E-state index contributed by atoms with van der Waals surface area (Å²) in [5, 5.41) is 14.2. The topological polar surface area (TPSA) is 55.1 Å². The third kappa shape index (κ3) is 2.69. The predicted molar refractivity (Wildman–Crippen MR) is 91.3 cm³/mol. The number of benzene rings is 1. The first kappa shape index (κ1) is 15.3. The average Bonchev–Trinajstić information content (AvgIpc) is 3.03. The van der Waals surface area contributed by atoms with Crippen LogP contribution in [0.2, 0.25) is 5.02 Å². The fourth-order valence-electron chi connectivity index (χ4n) is 2.20. The molecule has 1 aromatic carbocycles. The van der Waals surface area contributed by atoms with Gasteiger partial charge in [0.25, 0.3) is 0 Å². The summed E-state index contributed by atoms with van der Waals surface area (Å²) >= 11 is 10.9. The van der Waals surface area contributed by atoms with Gasteiger partial charge in [0, 0.05) is 10.6 Å². The third-order valence-corrected chi connectivity index (χ3v) is 5.08. The number of carboxylic acids is 1. The van der Waals surface area contributed by atoms with Gasteiger partial charge < -0.3 is 5.11 Å². The van der Waals surface area contributed by atoms with Crippen LogP contribution >= 0.6 is 38.9 Å². The molecule has 2 aromatic heterocycles. The van der Waals surface area contributed by atoms with Crippen molar-refractivity contribution in [3.05, 3.63) is 56.5 Å². The molecule has 0 atom stereocenters. The Labute approximate surface area is 144 Å². The summed E-state index contributed by atoms with van der Waals surface area (Å²) in [5.74, 6) is -1.04. The number of thiophene rings is 1. The monoisotopic (exact) mass is 396 g/mol. The van der Waals surface area contributed by atoms with Crippen molar-refractivity contribution in [2.45, 2.75) is 6.92 Å². The SMILES string of the molecule is Cc1c(C(=O)O)nn(-c2ccc(Cl)cc2)c1-c1ccc(Br)s1. The van der Waals surface area contributed by atoms with Crippen LogP contribution in [-0.4, -0.2) is 20.9 Å². The van der Waals surface area contributed by atoms with Gasteiger partial charge >= 0.3 is 5.97 Å². The van der Waals surface area contributed by atoms with E-state index in [-0.39, 0.29) is 5.69 Å². The van der Waals surface area contributed by atoms with Crippen molar-refractivity contribution >= 4 is 44.8 Å². The van der Waals surface area contributed by atoms with E-state index in [0.717, 1.165) is 20.0 Å². The lowest BCUT2D eigenvalue weighted by molar-refractivity contribution is 0.0689. The maximum absolute atomic E-state index is 11.4. The molecule has 3 aromatic rings. The molecule has 0 saturated carbocycles. The van der Waals surface area contributed by atoms with Crippen LogP contribution in [-0.2, 0) is 0 Å². The summed E-state index contributed by atoms with van der Waals surface area (Å²) < 4.78 is 2.62. The fraction of sp³-hybridized carbons (Fsp3) is 0.0667. The van der Waals surface area contributed by atoms with Gasteiger partial charge in [-0.15, -0.1) is 11.3 Å². The van der Waals surface area contributed by atoms with Gasteiger partial charge in [0.05, 0.1) is 20.0 Å². The number of aromatic nitrogens is 2. The Morgan fingerprint density at radius 2 is 1.95 bits per heavy atom. The van der Waals surface area contributed by atoms with Crippen molar-refractivity contribution in [1.29, 1.82) is 0 Å². The molecule has 0 saturated heterocycles. The van der Waals surface area contributed by atoms with Gasteiger partial charge in [-0.1, -0.05) is 11.6 Å². The number of carbonyl (C=O) groups is 1. The zero-order chi connectivity index (χ0) is 15.9. The maximum atomic E-state index is 11.4. The second-order valence-electron chi connectivity index (χ2n) is 4.62. The second-order valence-corrected chi connectivity index (χ2v) is 7.52. The van der Waals surface area contributed by atoms with Crippen LogP contribution in [0.4, 0.5) is 0 Å². The molecule has 3 rings (SSSR count). The molecule has 0 aliphatic heterocycles. The van der Waals surface area contributed by atoms with Gasteiger partial charge in [-0.05, 0) is 59.3 Å². The summed E-state index contributed by atoms with van der Waals surface area (Å²) in [6.07, 6.45) is 0. The number of carboxylic acid groups (broad SMARTS) is 1. The Bertz CT molecular complexity index is 855. The number of hydrogen-bond acceptors (Lipinski definition) is 3. The van der Waals surface area contributed by atoms with Crippen molar-refractivity contribution in [2.24, 2.45) is 0 Å². The first-order valence-corrected chi connectivity index (χ1v) is 8.30. The highest BCUT2D eigenvalue weighted by Gasteiger charge is 2.22. The number of rotatable bonds is 3. The molecule has 0 radical (unpaired) electrons. The lowest BCUT2D eigenvalue weighted by Gasteiger charge is -2.07. The molecule has 1 N–H and O–H groups in total. The Morgan fingerprint density at radius 1 is 1.27 bits per heavy atom. The maximum Gasteiger partial charge on any atom is 0.356 e. The van der Waals surface area contributed by atoms with Crippen LogP contribution in [0, 0.1) is 6.92 Å². The molecule has 0 spiro atoms. The van der Waals surface area contributed by atoms with Gasteiger partial charge in [-0.3, -0.25) is 0 Å². The second kappa shape index (κ2) is 5.87. The highest BCUT2D eigenvalue weighted by atomic mass is 79.9. The summed E-state index contributed by atoms with van der Waals surface area (Å²) in [6, 6.07) is 11.0. The standard InChI is InChI=1S/C15H10BrClN2O2S/c1-8-13(15(20)21)18-19(10-4-2-9(17)3-5-10)14(8)11-6-7-12(16)22-11/h2-7H,1H3,(H,20,21). The number of hydrogen-bond donors (Lipinski definition) is 1. The average molecular weight is 398 g/mol. The quantitative estimate of drug-likeness (QED) is 0.675. The smallest absolute Gasteiger partial charge is 0.356 e. The Hall–Kier alpha value is -1.63. The van der Waals surface area contributed by atoms with E-state index in [1.807, 2.05) is 24.3 Å². The van der Waals surface area contributed by atoms with Crippen LogP contribution in [0.1, 0.15) is 16.1 Å². The van der Waals surface area contributed by atoms with Gasteiger partial charge in [0.1, 0.15) is 0 Å². The highest BCUT2D eigenvalue weighted by Crippen LogP contribution is 2.35. The van der Waals surface area contributed by atoms with Gasteiger partial charge in [0.2, 0.25) is 0 Å². The summed E-state index contributed by atoms with van der Waals surface area (Å²) in [5.41, 5.74) is 2.22. The Morgan fingerprint density at radius 3 is 2.50 bits per heavy atom. The van der Waals surface area contributed by atoms with Crippen LogP contribution in [0.3, 0.4) is 0 Å². The van der Waals surface area contributed by atoms with Crippen LogP contribution in [0.5, 0.6) is 0 Å². The van der Waals surface area contributed by atoms with Crippen molar-refractivity contribution in [3.8, 4) is 16.3 Å². The molecule has 0 unspecified atom stereocenters. The molecule has 7 heteroatoms. The molecule has 0 aliphatic rings.